The molecule has 0 aliphatic heterocycles. The van der Waals surface area contributed by atoms with Gasteiger partial charge in [0.25, 0.3) is 5.56 Å². The second kappa shape index (κ2) is 6.36. The molecule has 154 valence electrons. The fourth-order valence-corrected chi connectivity index (χ4v) is 5.13. The van der Waals surface area contributed by atoms with E-state index in [2.05, 4.69) is 27.4 Å². The number of benzene rings is 4. The molecular formula is C25H18N6O. The van der Waals surface area contributed by atoms with E-state index >= 15 is 0 Å². The van der Waals surface area contributed by atoms with Crippen LogP contribution in [0.4, 0.5) is 0 Å². The molecule has 0 bridgehead atoms. The van der Waals surface area contributed by atoms with Crippen molar-refractivity contribution in [3.05, 3.63) is 69.8 Å². The Balaban J connectivity index is 2.05. The minimum atomic E-state index is -0.252. The summed E-state index contributed by atoms with van der Waals surface area (Å²) in [4.78, 5) is 12.8. The minimum Gasteiger partial charge on any atom is -0.325 e. The number of aromatic nitrogens is 4. The number of hydrogen-bond acceptors (Lipinski definition) is 5. The molecule has 7 nitrogen and oxygen atoms in total. The van der Waals surface area contributed by atoms with E-state index in [1.807, 2.05) is 55.2 Å². The Labute approximate surface area is 181 Å². The molecular weight excluding hydrogens is 400 g/mol. The first-order valence-corrected chi connectivity index (χ1v) is 10.3. The second-order valence-corrected chi connectivity index (χ2v) is 8.09. The zero-order valence-corrected chi connectivity index (χ0v) is 17.5. The molecule has 3 N–H and O–H groups in total. The van der Waals surface area contributed by atoms with Crippen LogP contribution in [0.25, 0.3) is 54.0 Å². The van der Waals surface area contributed by atoms with E-state index in [0.717, 1.165) is 54.2 Å². The van der Waals surface area contributed by atoms with E-state index in [-0.39, 0.29) is 12.1 Å². The van der Waals surface area contributed by atoms with Gasteiger partial charge in [0.1, 0.15) is 6.07 Å². The Bertz CT molecular complexity index is 1870. The first-order chi connectivity index (χ1) is 15.5. The van der Waals surface area contributed by atoms with Gasteiger partial charge in [0.2, 0.25) is 0 Å². The van der Waals surface area contributed by atoms with Crippen molar-refractivity contribution in [2.75, 3.05) is 0 Å². The second-order valence-electron chi connectivity index (χ2n) is 8.09. The van der Waals surface area contributed by atoms with E-state index in [1.165, 1.54) is 0 Å². The quantitative estimate of drug-likeness (QED) is 0.310. The molecule has 0 saturated carbocycles. The highest BCUT2D eigenvalue weighted by atomic mass is 16.1. The average Bonchev–Trinajstić information content (AvgIpc) is 3.19. The number of nitrogens with two attached hydrogens (primary N) is 1. The minimum absolute atomic E-state index is 0.214. The van der Waals surface area contributed by atoms with E-state index < -0.39 is 0 Å². The fourth-order valence-electron chi connectivity index (χ4n) is 5.13. The first kappa shape index (κ1) is 18.5. The lowest BCUT2D eigenvalue weighted by Gasteiger charge is -2.16. The molecule has 6 aromatic rings. The van der Waals surface area contributed by atoms with Crippen molar-refractivity contribution in [1.82, 2.24) is 20.0 Å². The number of hydrogen-bond donors (Lipinski definition) is 2. The van der Waals surface area contributed by atoms with Crippen molar-refractivity contribution in [2.45, 2.75) is 13.5 Å². The summed E-state index contributed by atoms with van der Waals surface area (Å²) in [5.74, 6) is 0. The molecule has 0 aliphatic carbocycles. The summed E-state index contributed by atoms with van der Waals surface area (Å²) in [6.45, 7) is 2.16. The molecule has 2 aromatic heterocycles. The number of aromatic amines is 1. The van der Waals surface area contributed by atoms with Crippen molar-refractivity contribution in [1.29, 1.82) is 5.26 Å². The number of nitriles is 1. The summed E-state index contributed by atoms with van der Waals surface area (Å²) >= 11 is 0. The van der Waals surface area contributed by atoms with Crippen molar-refractivity contribution >= 4 is 54.0 Å². The molecule has 4 aromatic carbocycles. The number of nitrogens with zero attached hydrogens (tertiary/aromatic N) is 4. The van der Waals surface area contributed by atoms with Crippen molar-refractivity contribution in [3.8, 4) is 6.07 Å². The molecule has 6 rings (SSSR count). The maximum Gasteiger partial charge on any atom is 0.272 e. The van der Waals surface area contributed by atoms with Crippen molar-refractivity contribution < 1.29 is 0 Å². The Morgan fingerprint density at radius 3 is 2.66 bits per heavy atom. The zero-order valence-electron chi connectivity index (χ0n) is 17.5. The van der Waals surface area contributed by atoms with Crippen LogP contribution in [0.1, 0.15) is 16.8 Å². The van der Waals surface area contributed by atoms with E-state index in [0.29, 0.717) is 16.6 Å². The van der Waals surface area contributed by atoms with Crippen LogP contribution in [0.15, 0.2) is 47.4 Å². The molecule has 0 saturated heterocycles. The molecule has 0 spiro atoms. The normalized spacial score (nSPS) is 11.8. The highest BCUT2D eigenvalue weighted by Crippen LogP contribution is 2.42. The van der Waals surface area contributed by atoms with Gasteiger partial charge in [-0.05, 0) is 46.2 Å². The number of H-pyrrole nitrogens is 1. The van der Waals surface area contributed by atoms with Crippen LogP contribution in [0.3, 0.4) is 0 Å². The average molecular weight is 418 g/mol. The SMILES string of the molecule is Cc1c2c(=O)[nH]nc(CN)c2cc2c3cnn(C)c3c3c(C#N)c4ccccc4cc3c12. The van der Waals surface area contributed by atoms with Crippen LogP contribution in [0, 0.1) is 18.3 Å². The van der Waals surface area contributed by atoms with Gasteiger partial charge in [0, 0.05) is 35.1 Å². The van der Waals surface area contributed by atoms with Crippen molar-refractivity contribution in [3.63, 3.8) is 0 Å². The Hall–Kier alpha value is -4.28. The van der Waals surface area contributed by atoms with Crippen LogP contribution in [-0.2, 0) is 13.6 Å². The molecule has 32 heavy (non-hydrogen) atoms. The number of fused-ring (bicyclic) bond motifs is 8. The third-order valence-electron chi connectivity index (χ3n) is 6.50. The van der Waals surface area contributed by atoms with Gasteiger partial charge in [-0.1, -0.05) is 24.3 Å². The van der Waals surface area contributed by atoms with Crippen LogP contribution >= 0.6 is 0 Å². The molecule has 0 aliphatic rings. The molecule has 0 amide bonds. The van der Waals surface area contributed by atoms with Gasteiger partial charge in [0.05, 0.1) is 28.4 Å². The lowest BCUT2D eigenvalue weighted by Crippen LogP contribution is -2.14. The third kappa shape index (κ3) is 2.19. The standard InChI is InChI=1S/C25H18N6O/c1-12-21-15(8-16-20(10-27)29-30-25(32)22(12)16)19-11-28-31(2)24(19)23-17(21)7-13-5-3-4-6-14(13)18(23)9-26/h3-8,11H,10,27H2,1-2H3,(H,30,32). The maximum atomic E-state index is 12.8. The van der Waals surface area contributed by atoms with Crippen LogP contribution in [0.2, 0.25) is 0 Å². The summed E-state index contributed by atoms with van der Waals surface area (Å²) in [6, 6.07) is 14.4. The molecule has 0 radical (unpaired) electrons. The molecule has 7 heteroatoms. The van der Waals surface area contributed by atoms with Gasteiger partial charge in [-0.3, -0.25) is 9.48 Å². The van der Waals surface area contributed by atoms with Crippen LogP contribution < -0.4 is 11.3 Å². The van der Waals surface area contributed by atoms with E-state index in [4.69, 9.17) is 5.73 Å². The Kier molecular flexibility index (Phi) is 3.67. The van der Waals surface area contributed by atoms with Crippen LogP contribution in [0.5, 0.6) is 0 Å². The third-order valence-corrected chi connectivity index (χ3v) is 6.50. The predicted octanol–water partition coefficient (Wildman–Crippen LogP) is 3.91. The highest BCUT2D eigenvalue weighted by Gasteiger charge is 2.21. The summed E-state index contributed by atoms with van der Waals surface area (Å²) in [6.07, 6.45) is 1.82. The van der Waals surface area contributed by atoms with Gasteiger partial charge in [-0.2, -0.15) is 15.5 Å². The summed E-state index contributed by atoms with van der Waals surface area (Å²) in [5, 5.41) is 29.3. The molecule has 2 heterocycles. The number of aryl methyl sites for hydroxylation is 2. The molecule has 0 unspecified atom stereocenters. The topological polar surface area (TPSA) is 113 Å². The lowest BCUT2D eigenvalue weighted by molar-refractivity contribution is 0.799. The predicted molar refractivity (Wildman–Crippen MR) is 126 cm³/mol. The number of rotatable bonds is 1. The van der Waals surface area contributed by atoms with Gasteiger partial charge < -0.3 is 5.73 Å². The maximum absolute atomic E-state index is 12.8. The highest BCUT2D eigenvalue weighted by molar-refractivity contribution is 6.30. The largest absolute Gasteiger partial charge is 0.325 e. The van der Waals surface area contributed by atoms with Gasteiger partial charge >= 0.3 is 0 Å². The van der Waals surface area contributed by atoms with Gasteiger partial charge in [-0.25, -0.2) is 5.10 Å². The molecule has 0 atom stereocenters. The summed E-state index contributed by atoms with van der Waals surface area (Å²) in [7, 11) is 1.88. The first-order valence-electron chi connectivity index (χ1n) is 10.3. The molecule has 0 fully saturated rings. The zero-order chi connectivity index (χ0) is 22.1. The lowest BCUT2D eigenvalue weighted by atomic mass is 9.88. The van der Waals surface area contributed by atoms with Crippen molar-refractivity contribution in [2.24, 2.45) is 12.8 Å². The fraction of sp³-hybridized carbons (Fsp3) is 0.120. The van der Waals surface area contributed by atoms with Gasteiger partial charge in [0.15, 0.2) is 0 Å². The van der Waals surface area contributed by atoms with E-state index in [9.17, 15) is 10.1 Å². The summed E-state index contributed by atoms with van der Waals surface area (Å²) < 4.78 is 1.81. The number of nitrogens with one attached hydrogen (secondary N) is 1. The monoisotopic (exact) mass is 418 g/mol. The van der Waals surface area contributed by atoms with E-state index in [1.54, 1.807) is 0 Å². The summed E-state index contributed by atoms with van der Waals surface area (Å²) in [5.41, 5.74) is 8.65. The van der Waals surface area contributed by atoms with Gasteiger partial charge in [-0.15, -0.1) is 0 Å². The Morgan fingerprint density at radius 1 is 1.06 bits per heavy atom. The Morgan fingerprint density at radius 2 is 1.88 bits per heavy atom. The van der Waals surface area contributed by atoms with Crippen LogP contribution in [-0.4, -0.2) is 20.0 Å². The smallest absolute Gasteiger partial charge is 0.272 e.